The van der Waals surface area contributed by atoms with E-state index in [0.29, 0.717) is 18.1 Å². The molecule has 0 spiro atoms. The summed E-state index contributed by atoms with van der Waals surface area (Å²) in [5.41, 5.74) is 1.31. The van der Waals surface area contributed by atoms with Crippen LogP contribution in [0.25, 0.3) is 0 Å². The lowest BCUT2D eigenvalue weighted by Gasteiger charge is -2.12. The Hall–Kier alpha value is -2.63. The van der Waals surface area contributed by atoms with Crippen LogP contribution >= 0.6 is 0 Å². The first-order chi connectivity index (χ1) is 13.7. The van der Waals surface area contributed by atoms with Crippen molar-refractivity contribution >= 4 is 24.0 Å². The Morgan fingerprint density at radius 1 is 1.07 bits per heavy atom. The van der Waals surface area contributed by atoms with Gasteiger partial charge in [0.25, 0.3) is 0 Å². The summed E-state index contributed by atoms with van der Waals surface area (Å²) in [6.07, 6.45) is 11.5. The number of ether oxygens (including phenoxy) is 1. The molecule has 154 valence electrons. The molecule has 0 bridgehead atoms. The van der Waals surface area contributed by atoms with Crippen LogP contribution in [0.5, 0.6) is 0 Å². The molecule has 2 N–H and O–H groups in total. The van der Waals surface area contributed by atoms with Gasteiger partial charge >= 0.3 is 6.09 Å². The second-order valence-corrected chi connectivity index (χ2v) is 6.58. The fourth-order valence-corrected chi connectivity index (χ4v) is 2.60. The van der Waals surface area contributed by atoms with Crippen molar-refractivity contribution in [2.24, 2.45) is 4.99 Å². The number of nitrogens with one attached hydrogen (secondary N) is 2. The molecule has 0 fully saturated rings. The number of carbonyl (C=O) groups excluding carboxylic acids is 2. The highest BCUT2D eigenvalue weighted by molar-refractivity contribution is 6.02. The maximum absolute atomic E-state index is 11.8. The molecule has 0 aliphatic carbocycles. The van der Waals surface area contributed by atoms with Crippen molar-refractivity contribution < 1.29 is 14.3 Å². The number of amides is 1. The molecule has 0 aliphatic rings. The van der Waals surface area contributed by atoms with E-state index < -0.39 is 6.09 Å². The third-order valence-corrected chi connectivity index (χ3v) is 4.14. The standard InChI is InChI=1S/C22H33N3O3/c1-3-5-6-7-8-9-10-11-16-23-21(25-22(27)28-17-4-2)24-20-14-12-19(18-26)13-15-20/h4,12-15,18H,2-3,5-11,16-17H2,1H3,(H2,23,24,25,27). The fourth-order valence-electron chi connectivity index (χ4n) is 2.60. The Kier molecular flexibility index (Phi) is 12.9. The average Bonchev–Trinajstić information content (AvgIpc) is 2.71. The van der Waals surface area contributed by atoms with Crippen LogP contribution in [0.4, 0.5) is 10.5 Å². The summed E-state index contributed by atoms with van der Waals surface area (Å²) in [6.45, 7) is 6.49. The van der Waals surface area contributed by atoms with Gasteiger partial charge in [-0.1, -0.05) is 64.5 Å². The first kappa shape index (κ1) is 23.4. The zero-order valence-corrected chi connectivity index (χ0v) is 16.9. The van der Waals surface area contributed by atoms with E-state index in [4.69, 9.17) is 4.74 Å². The van der Waals surface area contributed by atoms with Crippen molar-refractivity contribution in [2.45, 2.75) is 58.3 Å². The van der Waals surface area contributed by atoms with Gasteiger partial charge < -0.3 is 10.1 Å². The summed E-state index contributed by atoms with van der Waals surface area (Å²) < 4.78 is 4.95. The number of guanidine groups is 1. The number of anilines is 1. The van der Waals surface area contributed by atoms with Crippen LogP contribution in [0.15, 0.2) is 41.9 Å². The van der Waals surface area contributed by atoms with E-state index in [-0.39, 0.29) is 6.61 Å². The SMILES string of the molecule is C=CCOC(=O)N/C(=N\CCCCCCCCCC)Nc1ccc(C=O)cc1. The largest absolute Gasteiger partial charge is 0.445 e. The van der Waals surface area contributed by atoms with Crippen molar-refractivity contribution in [3.63, 3.8) is 0 Å². The fraction of sp³-hybridized carbons (Fsp3) is 0.500. The minimum Gasteiger partial charge on any atom is -0.445 e. The number of benzene rings is 1. The number of hydrogen-bond acceptors (Lipinski definition) is 4. The monoisotopic (exact) mass is 387 g/mol. The molecular weight excluding hydrogens is 354 g/mol. The molecule has 0 unspecified atom stereocenters. The molecule has 0 saturated carbocycles. The summed E-state index contributed by atoms with van der Waals surface area (Å²) in [5, 5.41) is 5.67. The number of aldehydes is 1. The number of alkyl carbamates (subject to hydrolysis) is 1. The Labute approximate surface area is 168 Å². The summed E-state index contributed by atoms with van der Waals surface area (Å²) in [4.78, 5) is 27.0. The Bertz CT molecular complexity index is 612. The number of nitrogens with zero attached hydrogens (tertiary/aromatic N) is 1. The number of carbonyl (C=O) groups is 2. The van der Waals surface area contributed by atoms with E-state index in [9.17, 15) is 9.59 Å². The molecular formula is C22H33N3O3. The van der Waals surface area contributed by atoms with Crippen molar-refractivity contribution in [2.75, 3.05) is 18.5 Å². The van der Waals surface area contributed by atoms with Gasteiger partial charge in [-0.25, -0.2) is 4.79 Å². The van der Waals surface area contributed by atoms with Gasteiger partial charge in [-0.2, -0.15) is 0 Å². The first-order valence-electron chi connectivity index (χ1n) is 10.1. The quantitative estimate of drug-likeness (QED) is 0.158. The number of aliphatic imine (C=N–C) groups is 1. The van der Waals surface area contributed by atoms with Gasteiger partial charge in [-0.05, 0) is 30.7 Å². The first-order valence-corrected chi connectivity index (χ1v) is 10.1. The Morgan fingerprint density at radius 2 is 1.71 bits per heavy atom. The van der Waals surface area contributed by atoms with Crippen LogP contribution in [0, 0.1) is 0 Å². The van der Waals surface area contributed by atoms with E-state index in [0.717, 1.165) is 24.8 Å². The zero-order chi connectivity index (χ0) is 20.5. The second kappa shape index (κ2) is 15.4. The molecule has 0 aliphatic heterocycles. The van der Waals surface area contributed by atoms with Gasteiger partial charge in [0.1, 0.15) is 12.9 Å². The molecule has 0 heterocycles. The predicted molar refractivity (Wildman–Crippen MR) is 115 cm³/mol. The van der Waals surface area contributed by atoms with Gasteiger partial charge in [0.05, 0.1) is 0 Å². The van der Waals surface area contributed by atoms with Crippen molar-refractivity contribution in [3.8, 4) is 0 Å². The molecule has 1 aromatic carbocycles. The maximum Gasteiger partial charge on any atom is 0.414 e. The third kappa shape index (κ3) is 11.2. The molecule has 0 atom stereocenters. The predicted octanol–water partition coefficient (Wildman–Crippen LogP) is 5.32. The second-order valence-electron chi connectivity index (χ2n) is 6.58. The molecule has 1 amide bonds. The van der Waals surface area contributed by atoms with Gasteiger partial charge in [0.15, 0.2) is 0 Å². The van der Waals surface area contributed by atoms with Crippen LogP contribution < -0.4 is 10.6 Å². The highest BCUT2D eigenvalue weighted by atomic mass is 16.5. The van der Waals surface area contributed by atoms with E-state index >= 15 is 0 Å². The minimum atomic E-state index is -0.591. The van der Waals surface area contributed by atoms with E-state index in [1.165, 1.54) is 44.6 Å². The molecule has 1 aromatic rings. The zero-order valence-electron chi connectivity index (χ0n) is 16.9. The lowest BCUT2D eigenvalue weighted by molar-refractivity contribution is 0.112. The Balaban J connectivity index is 2.49. The van der Waals surface area contributed by atoms with Gasteiger partial charge in [0, 0.05) is 17.8 Å². The summed E-state index contributed by atoms with van der Waals surface area (Å²) in [7, 11) is 0. The number of hydrogen-bond donors (Lipinski definition) is 2. The van der Waals surface area contributed by atoms with Crippen molar-refractivity contribution in [1.29, 1.82) is 0 Å². The normalized spacial score (nSPS) is 11.0. The third-order valence-electron chi connectivity index (χ3n) is 4.14. The highest BCUT2D eigenvalue weighted by Crippen LogP contribution is 2.10. The molecule has 0 radical (unpaired) electrons. The van der Waals surface area contributed by atoms with Crippen LogP contribution in [0.3, 0.4) is 0 Å². The van der Waals surface area contributed by atoms with Crippen molar-refractivity contribution in [1.82, 2.24) is 5.32 Å². The smallest absolute Gasteiger partial charge is 0.414 e. The molecule has 28 heavy (non-hydrogen) atoms. The summed E-state index contributed by atoms with van der Waals surface area (Å²) in [6, 6.07) is 6.90. The average molecular weight is 388 g/mol. The van der Waals surface area contributed by atoms with E-state index in [1.54, 1.807) is 24.3 Å². The van der Waals surface area contributed by atoms with Gasteiger partial charge in [0.2, 0.25) is 5.96 Å². The topological polar surface area (TPSA) is 79.8 Å². The van der Waals surface area contributed by atoms with Gasteiger partial charge in [-0.3, -0.25) is 15.1 Å². The summed E-state index contributed by atoms with van der Waals surface area (Å²) in [5.74, 6) is 0.330. The van der Waals surface area contributed by atoms with E-state index in [1.807, 2.05) is 0 Å². The van der Waals surface area contributed by atoms with Crippen LogP contribution in [-0.4, -0.2) is 31.5 Å². The Morgan fingerprint density at radius 3 is 2.32 bits per heavy atom. The van der Waals surface area contributed by atoms with Crippen molar-refractivity contribution in [3.05, 3.63) is 42.5 Å². The maximum atomic E-state index is 11.8. The van der Waals surface area contributed by atoms with Crippen LogP contribution in [-0.2, 0) is 4.74 Å². The van der Waals surface area contributed by atoms with E-state index in [2.05, 4.69) is 29.1 Å². The summed E-state index contributed by atoms with van der Waals surface area (Å²) >= 11 is 0. The molecule has 6 heteroatoms. The van der Waals surface area contributed by atoms with Crippen LogP contribution in [0.2, 0.25) is 0 Å². The highest BCUT2D eigenvalue weighted by Gasteiger charge is 2.07. The minimum absolute atomic E-state index is 0.130. The molecule has 0 saturated heterocycles. The molecule has 6 nitrogen and oxygen atoms in total. The number of rotatable bonds is 13. The molecule has 1 rings (SSSR count). The number of unbranched alkanes of at least 4 members (excludes halogenated alkanes) is 7. The lowest BCUT2D eigenvalue weighted by atomic mass is 10.1. The lowest BCUT2D eigenvalue weighted by Crippen LogP contribution is -2.36. The van der Waals surface area contributed by atoms with Crippen LogP contribution in [0.1, 0.15) is 68.6 Å². The molecule has 0 aromatic heterocycles. The van der Waals surface area contributed by atoms with Gasteiger partial charge in [-0.15, -0.1) is 0 Å².